The molecule has 0 radical (unpaired) electrons. The number of ether oxygens (including phenoxy) is 1. The monoisotopic (exact) mass is 421 g/mol. The van der Waals surface area contributed by atoms with Crippen LogP contribution in [0.15, 0.2) is 30.3 Å². The predicted molar refractivity (Wildman–Crippen MR) is 111 cm³/mol. The summed E-state index contributed by atoms with van der Waals surface area (Å²) in [5.74, 6) is -1.19. The smallest absolute Gasteiger partial charge is 0.329 e. The SMILES string of the molecule is CSCC[C@H](NC(=O)c1ccccc1)C(=O)OCC(=O)NC(=O)NC1CCCC1. The molecule has 1 aromatic rings. The lowest BCUT2D eigenvalue weighted by Crippen LogP contribution is -2.46. The second-order valence-corrected chi connectivity index (χ2v) is 7.77. The number of hydrogen-bond acceptors (Lipinski definition) is 6. The molecule has 158 valence electrons. The van der Waals surface area contributed by atoms with E-state index in [2.05, 4.69) is 16.0 Å². The number of benzene rings is 1. The molecule has 1 aliphatic rings. The number of rotatable bonds is 9. The van der Waals surface area contributed by atoms with Crippen molar-refractivity contribution >= 4 is 35.6 Å². The normalized spacial score (nSPS) is 14.7. The average Bonchev–Trinajstić information content (AvgIpc) is 3.22. The van der Waals surface area contributed by atoms with Gasteiger partial charge in [-0.15, -0.1) is 0 Å². The minimum Gasteiger partial charge on any atom is -0.454 e. The lowest BCUT2D eigenvalue weighted by molar-refractivity contribution is -0.150. The summed E-state index contributed by atoms with van der Waals surface area (Å²) < 4.78 is 5.02. The molecule has 0 aliphatic heterocycles. The molecule has 29 heavy (non-hydrogen) atoms. The van der Waals surface area contributed by atoms with E-state index in [1.54, 1.807) is 30.3 Å². The van der Waals surface area contributed by atoms with Crippen molar-refractivity contribution in [3.05, 3.63) is 35.9 Å². The van der Waals surface area contributed by atoms with Gasteiger partial charge in [0.25, 0.3) is 11.8 Å². The summed E-state index contributed by atoms with van der Waals surface area (Å²) in [5, 5.41) is 7.52. The van der Waals surface area contributed by atoms with Crippen LogP contribution in [-0.4, -0.2) is 54.5 Å². The van der Waals surface area contributed by atoms with Crippen LogP contribution in [0.25, 0.3) is 0 Å². The van der Waals surface area contributed by atoms with Crippen LogP contribution < -0.4 is 16.0 Å². The lowest BCUT2D eigenvalue weighted by Gasteiger charge is -2.17. The quantitative estimate of drug-likeness (QED) is 0.525. The molecule has 4 amide bonds. The van der Waals surface area contributed by atoms with E-state index in [1.165, 1.54) is 11.8 Å². The topological polar surface area (TPSA) is 114 Å². The van der Waals surface area contributed by atoms with E-state index in [-0.39, 0.29) is 6.04 Å². The molecule has 2 rings (SSSR count). The highest BCUT2D eigenvalue weighted by molar-refractivity contribution is 7.98. The zero-order chi connectivity index (χ0) is 21.1. The molecule has 9 heteroatoms. The summed E-state index contributed by atoms with van der Waals surface area (Å²) >= 11 is 1.53. The van der Waals surface area contributed by atoms with Gasteiger partial charge < -0.3 is 15.4 Å². The average molecular weight is 422 g/mol. The van der Waals surface area contributed by atoms with Gasteiger partial charge in [0.15, 0.2) is 6.61 Å². The first kappa shape index (κ1) is 22.7. The summed E-state index contributed by atoms with van der Waals surface area (Å²) in [6.07, 6.45) is 6.16. The van der Waals surface area contributed by atoms with Gasteiger partial charge in [0.05, 0.1) is 0 Å². The Balaban J connectivity index is 1.80. The molecular formula is C20H27N3O5S. The molecule has 8 nitrogen and oxygen atoms in total. The Morgan fingerprint density at radius 1 is 1.14 bits per heavy atom. The maximum Gasteiger partial charge on any atom is 0.329 e. The molecule has 0 saturated heterocycles. The molecule has 1 aromatic carbocycles. The summed E-state index contributed by atoms with van der Waals surface area (Å²) in [4.78, 5) is 48.3. The maximum absolute atomic E-state index is 12.4. The Labute approximate surface area is 174 Å². The van der Waals surface area contributed by atoms with E-state index >= 15 is 0 Å². The molecule has 3 N–H and O–H groups in total. The fourth-order valence-electron chi connectivity index (χ4n) is 3.01. The highest BCUT2D eigenvalue weighted by Gasteiger charge is 2.24. The minimum absolute atomic E-state index is 0.0782. The Kier molecular flexibility index (Phi) is 9.49. The summed E-state index contributed by atoms with van der Waals surface area (Å²) in [6.45, 7) is -0.589. The number of carbonyl (C=O) groups excluding carboxylic acids is 4. The Morgan fingerprint density at radius 2 is 1.83 bits per heavy atom. The third-order valence-corrected chi connectivity index (χ3v) is 5.17. The Hall–Kier alpha value is -2.55. The Morgan fingerprint density at radius 3 is 2.48 bits per heavy atom. The van der Waals surface area contributed by atoms with Crippen LogP contribution in [0.3, 0.4) is 0 Å². The highest BCUT2D eigenvalue weighted by Crippen LogP contribution is 2.17. The van der Waals surface area contributed by atoms with Gasteiger partial charge in [-0.25, -0.2) is 9.59 Å². The third kappa shape index (κ3) is 8.15. The van der Waals surface area contributed by atoms with Crippen molar-refractivity contribution in [1.82, 2.24) is 16.0 Å². The number of imide groups is 1. The van der Waals surface area contributed by atoms with Crippen molar-refractivity contribution in [2.75, 3.05) is 18.6 Å². The molecule has 0 aromatic heterocycles. The van der Waals surface area contributed by atoms with Gasteiger partial charge in [0, 0.05) is 11.6 Å². The first-order chi connectivity index (χ1) is 14.0. The minimum atomic E-state index is -0.879. The van der Waals surface area contributed by atoms with E-state index in [0.717, 1.165) is 25.7 Å². The van der Waals surface area contributed by atoms with Crippen LogP contribution in [0.5, 0.6) is 0 Å². The largest absolute Gasteiger partial charge is 0.454 e. The summed E-state index contributed by atoms with van der Waals surface area (Å²) in [7, 11) is 0. The van der Waals surface area contributed by atoms with Gasteiger partial charge in [-0.2, -0.15) is 11.8 Å². The zero-order valence-corrected chi connectivity index (χ0v) is 17.3. The number of urea groups is 1. The summed E-state index contributed by atoms with van der Waals surface area (Å²) in [6, 6.07) is 7.14. The van der Waals surface area contributed by atoms with Crippen molar-refractivity contribution in [1.29, 1.82) is 0 Å². The second-order valence-electron chi connectivity index (χ2n) is 6.78. The van der Waals surface area contributed by atoms with Crippen LogP contribution in [0.1, 0.15) is 42.5 Å². The number of esters is 1. The van der Waals surface area contributed by atoms with E-state index in [9.17, 15) is 19.2 Å². The van der Waals surface area contributed by atoms with Crippen molar-refractivity contribution in [3.63, 3.8) is 0 Å². The molecule has 1 fully saturated rings. The molecule has 1 saturated carbocycles. The molecule has 0 spiro atoms. The number of hydrogen-bond donors (Lipinski definition) is 3. The van der Waals surface area contributed by atoms with Gasteiger partial charge in [-0.1, -0.05) is 31.0 Å². The van der Waals surface area contributed by atoms with Crippen molar-refractivity contribution in [2.45, 2.75) is 44.2 Å². The maximum atomic E-state index is 12.4. The van der Waals surface area contributed by atoms with Crippen LogP contribution in [-0.2, 0) is 14.3 Å². The van der Waals surface area contributed by atoms with E-state index in [0.29, 0.717) is 17.7 Å². The highest BCUT2D eigenvalue weighted by atomic mass is 32.2. The van der Waals surface area contributed by atoms with Gasteiger partial charge in [-0.3, -0.25) is 14.9 Å². The van der Waals surface area contributed by atoms with E-state index in [1.807, 2.05) is 6.26 Å². The van der Waals surface area contributed by atoms with Gasteiger partial charge >= 0.3 is 12.0 Å². The fraction of sp³-hybridized carbons (Fsp3) is 0.500. The first-order valence-corrected chi connectivity index (χ1v) is 11.0. The molecular weight excluding hydrogens is 394 g/mol. The molecule has 1 atom stereocenters. The van der Waals surface area contributed by atoms with Crippen molar-refractivity contribution in [2.24, 2.45) is 0 Å². The lowest BCUT2D eigenvalue weighted by atomic mass is 10.1. The third-order valence-electron chi connectivity index (χ3n) is 4.53. The number of amides is 4. The van der Waals surface area contributed by atoms with E-state index < -0.39 is 36.5 Å². The standard InChI is InChI=1S/C20H27N3O5S/c1-29-12-11-16(22-18(25)14-7-3-2-4-8-14)19(26)28-13-17(24)23-20(27)21-15-9-5-6-10-15/h2-4,7-8,15-16H,5-6,9-13H2,1H3,(H,22,25)(H2,21,23,24,27)/t16-/m0/s1. The number of thioether (sulfide) groups is 1. The van der Waals surface area contributed by atoms with Gasteiger partial charge in [-0.05, 0) is 43.4 Å². The fourth-order valence-corrected chi connectivity index (χ4v) is 3.48. The van der Waals surface area contributed by atoms with Gasteiger partial charge in [0.1, 0.15) is 6.04 Å². The van der Waals surface area contributed by atoms with Gasteiger partial charge in [0.2, 0.25) is 0 Å². The predicted octanol–water partition coefficient (Wildman–Crippen LogP) is 1.85. The Bertz CT molecular complexity index is 707. The van der Waals surface area contributed by atoms with Crippen LogP contribution in [0, 0.1) is 0 Å². The number of nitrogens with one attached hydrogen (secondary N) is 3. The molecule has 0 bridgehead atoms. The molecule has 0 unspecified atom stereocenters. The molecule has 0 heterocycles. The van der Waals surface area contributed by atoms with Crippen LogP contribution >= 0.6 is 11.8 Å². The van der Waals surface area contributed by atoms with E-state index in [4.69, 9.17) is 4.74 Å². The van der Waals surface area contributed by atoms with Crippen LogP contribution in [0.4, 0.5) is 4.79 Å². The van der Waals surface area contributed by atoms with Crippen molar-refractivity contribution in [3.8, 4) is 0 Å². The molecule has 1 aliphatic carbocycles. The second kappa shape index (κ2) is 12.1. The zero-order valence-electron chi connectivity index (χ0n) is 16.4. The number of carbonyl (C=O) groups is 4. The van der Waals surface area contributed by atoms with Crippen LogP contribution in [0.2, 0.25) is 0 Å². The first-order valence-electron chi connectivity index (χ1n) is 9.61. The van der Waals surface area contributed by atoms with Crippen molar-refractivity contribution < 1.29 is 23.9 Å². The summed E-state index contributed by atoms with van der Waals surface area (Å²) in [5.41, 5.74) is 0.427.